The Labute approximate surface area is 226 Å². The van der Waals surface area contributed by atoms with E-state index in [2.05, 4.69) is 26.8 Å². The zero-order valence-corrected chi connectivity index (χ0v) is 23.9. The molecule has 0 aromatic rings. The predicted molar refractivity (Wildman–Crippen MR) is 141 cm³/mol. The molecule has 0 aromatic heterocycles. The van der Waals surface area contributed by atoms with Crippen molar-refractivity contribution in [2.75, 3.05) is 7.11 Å². The molecule has 5 rings (SSSR count). The third-order valence-electron chi connectivity index (χ3n) is 13.4. The van der Waals surface area contributed by atoms with Gasteiger partial charge in [-0.25, -0.2) is 0 Å². The van der Waals surface area contributed by atoms with Crippen LogP contribution in [0.2, 0.25) is 0 Å². The number of carboxylic acid groups (broad SMARTS) is 1. The van der Waals surface area contributed by atoms with E-state index in [0.717, 1.165) is 32.0 Å². The second-order valence-corrected chi connectivity index (χ2v) is 14.8. The van der Waals surface area contributed by atoms with Crippen molar-refractivity contribution in [3.8, 4) is 0 Å². The van der Waals surface area contributed by atoms with Crippen molar-refractivity contribution >= 4 is 18.2 Å². The molecule has 3 N–H and O–H groups in total. The van der Waals surface area contributed by atoms with Crippen LogP contribution in [-0.4, -0.2) is 52.9 Å². The number of carboxylic acids is 1. The fourth-order valence-corrected chi connectivity index (χ4v) is 10.9. The van der Waals surface area contributed by atoms with E-state index in [1.54, 1.807) is 0 Å². The summed E-state index contributed by atoms with van der Waals surface area (Å²) in [4.78, 5) is 38.1. The van der Waals surface area contributed by atoms with Gasteiger partial charge in [0.2, 0.25) is 0 Å². The van der Waals surface area contributed by atoms with Crippen LogP contribution in [0, 0.1) is 50.2 Å². The molecular formula is C31H46O7. The van der Waals surface area contributed by atoms with Gasteiger partial charge in [-0.2, -0.15) is 0 Å². The van der Waals surface area contributed by atoms with E-state index < -0.39 is 34.4 Å². The van der Waals surface area contributed by atoms with Crippen LogP contribution in [0.15, 0.2) is 11.6 Å². The third kappa shape index (κ3) is 3.18. The molecule has 212 valence electrons. The highest BCUT2D eigenvalue weighted by molar-refractivity contribution is 5.80. The van der Waals surface area contributed by atoms with Crippen molar-refractivity contribution in [2.24, 2.45) is 50.2 Å². The molecule has 0 unspecified atom stereocenters. The molecule has 0 saturated heterocycles. The molecule has 5 aliphatic carbocycles. The number of ether oxygens (including phenoxy) is 1. The Morgan fingerprint density at radius 1 is 0.974 bits per heavy atom. The SMILES string of the molecule is COC(=O)[C@@]1(C)CC[C@]2(C(=O)O)CC[C@]3(C)C(=CC[C@@H]4[C@@]5(C)C[C@H](O)[C@H](O)[C@@](C)(C=O)[C@@H]5CC[C@]43C)[C@H]2C1. The highest BCUT2D eigenvalue weighted by Crippen LogP contribution is 2.75. The van der Waals surface area contributed by atoms with Crippen molar-refractivity contribution in [2.45, 2.75) is 105 Å². The first kappa shape index (κ1) is 27.8. The first-order valence-corrected chi connectivity index (χ1v) is 14.4. The van der Waals surface area contributed by atoms with Crippen LogP contribution in [0.3, 0.4) is 0 Å². The Balaban J connectivity index is 1.61. The van der Waals surface area contributed by atoms with Gasteiger partial charge in [-0.05, 0) is 98.7 Å². The van der Waals surface area contributed by atoms with E-state index >= 15 is 0 Å². The second-order valence-electron chi connectivity index (χ2n) is 14.8. The van der Waals surface area contributed by atoms with Crippen molar-refractivity contribution in [3.63, 3.8) is 0 Å². The second kappa shape index (κ2) is 8.39. The van der Waals surface area contributed by atoms with Crippen LogP contribution < -0.4 is 0 Å². The fraction of sp³-hybridized carbons (Fsp3) is 0.839. The van der Waals surface area contributed by atoms with Gasteiger partial charge in [0.05, 0.1) is 35.6 Å². The molecular weight excluding hydrogens is 484 g/mol. The minimum Gasteiger partial charge on any atom is -0.481 e. The van der Waals surface area contributed by atoms with E-state index in [4.69, 9.17) is 4.74 Å². The Kier molecular flexibility index (Phi) is 6.14. The first-order chi connectivity index (χ1) is 17.6. The van der Waals surface area contributed by atoms with Gasteiger partial charge in [0.15, 0.2) is 0 Å². The molecule has 0 heterocycles. The summed E-state index contributed by atoms with van der Waals surface area (Å²) in [5, 5.41) is 32.4. The van der Waals surface area contributed by atoms with E-state index in [9.17, 15) is 29.7 Å². The lowest BCUT2D eigenvalue weighted by Crippen LogP contribution is -2.68. The van der Waals surface area contributed by atoms with Gasteiger partial charge < -0.3 is 24.9 Å². The maximum atomic E-state index is 12.9. The molecule has 0 aromatic carbocycles. The van der Waals surface area contributed by atoms with Crippen molar-refractivity contribution in [1.82, 2.24) is 0 Å². The summed E-state index contributed by atoms with van der Waals surface area (Å²) in [7, 11) is 1.41. The van der Waals surface area contributed by atoms with E-state index in [-0.39, 0.29) is 40.0 Å². The lowest BCUT2D eigenvalue weighted by atomic mass is 9.33. The van der Waals surface area contributed by atoms with Crippen molar-refractivity contribution in [3.05, 3.63) is 11.6 Å². The number of methoxy groups -OCH3 is 1. The molecule has 5 aliphatic rings. The normalized spacial score (nSPS) is 53.8. The minimum atomic E-state index is -1.07. The van der Waals surface area contributed by atoms with Crippen molar-refractivity contribution < 1.29 is 34.4 Å². The van der Waals surface area contributed by atoms with Crippen LogP contribution in [0.5, 0.6) is 0 Å². The van der Waals surface area contributed by atoms with Crippen molar-refractivity contribution in [1.29, 1.82) is 0 Å². The number of aldehydes is 1. The first-order valence-electron chi connectivity index (χ1n) is 14.4. The van der Waals surface area contributed by atoms with Crippen LogP contribution in [0.25, 0.3) is 0 Å². The molecule has 0 radical (unpaired) electrons. The summed E-state index contributed by atoms with van der Waals surface area (Å²) in [6, 6.07) is 0. The molecule has 0 bridgehead atoms. The maximum absolute atomic E-state index is 12.9. The number of allylic oxidation sites excluding steroid dienone is 2. The summed E-state index contributed by atoms with van der Waals surface area (Å²) in [6.45, 7) is 10.6. The average Bonchev–Trinajstić information content (AvgIpc) is 2.87. The number of aliphatic hydroxyl groups is 2. The number of carbonyl (C=O) groups is 3. The number of hydrogen-bond donors (Lipinski definition) is 3. The van der Waals surface area contributed by atoms with E-state index in [1.807, 2.05) is 13.8 Å². The molecule has 0 aliphatic heterocycles. The zero-order valence-electron chi connectivity index (χ0n) is 23.9. The number of hydrogen-bond acceptors (Lipinski definition) is 6. The van der Waals surface area contributed by atoms with Gasteiger partial charge >= 0.3 is 11.9 Å². The summed E-state index contributed by atoms with van der Waals surface area (Å²) in [5.41, 5.74) is -2.18. The van der Waals surface area contributed by atoms with E-state index in [0.29, 0.717) is 32.1 Å². The smallest absolute Gasteiger partial charge is 0.311 e. The number of esters is 1. The summed E-state index contributed by atoms with van der Waals surface area (Å²) >= 11 is 0. The van der Waals surface area contributed by atoms with Crippen LogP contribution in [0.4, 0.5) is 0 Å². The van der Waals surface area contributed by atoms with Gasteiger partial charge in [0.1, 0.15) is 6.29 Å². The topological polar surface area (TPSA) is 121 Å². The summed E-state index contributed by atoms with van der Waals surface area (Å²) in [5.74, 6) is -1.12. The maximum Gasteiger partial charge on any atom is 0.311 e. The number of carbonyl (C=O) groups excluding carboxylic acids is 2. The molecule has 0 spiro atoms. The number of fused-ring (bicyclic) bond motifs is 7. The summed E-state index contributed by atoms with van der Waals surface area (Å²) in [6.07, 6.45) is 6.75. The molecule has 4 saturated carbocycles. The van der Waals surface area contributed by atoms with Gasteiger partial charge in [0, 0.05) is 0 Å². The average molecular weight is 531 g/mol. The third-order valence-corrected chi connectivity index (χ3v) is 13.4. The molecule has 0 amide bonds. The van der Waals surface area contributed by atoms with Gasteiger partial charge in [-0.3, -0.25) is 9.59 Å². The summed E-state index contributed by atoms with van der Waals surface area (Å²) < 4.78 is 5.18. The lowest BCUT2D eigenvalue weighted by molar-refractivity contribution is -0.228. The Hall–Kier alpha value is -1.73. The number of aliphatic hydroxyl groups excluding tert-OH is 2. The van der Waals surface area contributed by atoms with Gasteiger partial charge in [-0.1, -0.05) is 39.3 Å². The molecule has 11 atom stereocenters. The highest BCUT2D eigenvalue weighted by Gasteiger charge is 2.71. The Morgan fingerprint density at radius 3 is 2.24 bits per heavy atom. The highest BCUT2D eigenvalue weighted by atomic mass is 16.5. The van der Waals surface area contributed by atoms with E-state index in [1.165, 1.54) is 12.7 Å². The number of rotatable bonds is 3. The largest absolute Gasteiger partial charge is 0.481 e. The van der Waals surface area contributed by atoms with Gasteiger partial charge in [0.25, 0.3) is 0 Å². The van der Waals surface area contributed by atoms with Gasteiger partial charge in [-0.15, -0.1) is 0 Å². The van der Waals surface area contributed by atoms with Crippen LogP contribution in [-0.2, 0) is 19.1 Å². The van der Waals surface area contributed by atoms with Crippen LogP contribution >= 0.6 is 0 Å². The van der Waals surface area contributed by atoms with Crippen LogP contribution in [0.1, 0.15) is 92.4 Å². The number of aliphatic carboxylic acids is 1. The molecule has 7 heteroatoms. The molecule has 7 nitrogen and oxygen atoms in total. The minimum absolute atomic E-state index is 0.0403. The lowest BCUT2D eigenvalue weighted by Gasteiger charge is -2.71. The predicted octanol–water partition coefficient (Wildman–Crippen LogP) is 4.54. The monoisotopic (exact) mass is 530 g/mol. The molecule has 38 heavy (non-hydrogen) atoms. The quantitative estimate of drug-likeness (QED) is 0.278. The standard InChI is InChI=1S/C31H46O7/c1-26(25(37)38-6)11-13-31(24(35)36)14-12-29(4)18(19(31)15-26)7-8-22-27(2)16-20(33)23(34)28(3,17-32)21(27)9-10-30(22,29)5/h7,17,19-23,33-34H,8-16H2,1-6H3,(H,35,36)/t19-,20+,21-,22-,23+,26+,27+,28+,29-,30-,31+/m1/s1. The fourth-order valence-electron chi connectivity index (χ4n) is 10.9. The Morgan fingerprint density at radius 2 is 1.63 bits per heavy atom. The zero-order chi connectivity index (χ0) is 28.1. The molecule has 4 fully saturated rings. The Bertz CT molecular complexity index is 1080.